The highest BCUT2D eigenvalue weighted by Crippen LogP contribution is 2.25. The summed E-state index contributed by atoms with van der Waals surface area (Å²) in [6, 6.07) is 8.83. The molecule has 1 N–H and O–H groups in total. The molecular formula is C22H16Cl2FNO5. The Morgan fingerprint density at radius 2 is 1.94 bits per heavy atom. The zero-order chi connectivity index (χ0) is 22.7. The molecule has 0 atom stereocenters. The second-order valence-corrected chi connectivity index (χ2v) is 7.31. The Bertz CT molecular complexity index is 1280. The number of pyridine rings is 1. The molecule has 0 fully saturated rings. The molecule has 0 saturated heterocycles. The third-order valence-corrected chi connectivity index (χ3v) is 5.00. The number of para-hydroxylation sites is 1. The molecule has 0 aliphatic rings. The van der Waals surface area contributed by atoms with Crippen LogP contribution in [0.2, 0.25) is 10.0 Å². The third-order valence-electron chi connectivity index (χ3n) is 4.41. The number of carbonyl (C=O) groups excluding carboxylic acids is 2. The van der Waals surface area contributed by atoms with E-state index in [1.165, 1.54) is 37.4 Å². The molecule has 0 saturated carbocycles. The van der Waals surface area contributed by atoms with Gasteiger partial charge in [0.05, 0.1) is 27.7 Å². The predicted octanol–water partition coefficient (Wildman–Crippen LogP) is 4.53. The topological polar surface area (TPSA) is 85.6 Å². The van der Waals surface area contributed by atoms with E-state index in [0.717, 1.165) is 0 Å². The zero-order valence-electron chi connectivity index (χ0n) is 16.2. The van der Waals surface area contributed by atoms with Gasteiger partial charge in [0.2, 0.25) is 0 Å². The molecule has 1 aromatic heterocycles. The van der Waals surface area contributed by atoms with E-state index in [9.17, 15) is 23.9 Å². The van der Waals surface area contributed by atoms with Crippen LogP contribution < -0.4 is 5.43 Å². The Kier molecular flexibility index (Phi) is 6.77. The average molecular weight is 464 g/mol. The van der Waals surface area contributed by atoms with Crippen LogP contribution in [0.1, 0.15) is 18.1 Å². The summed E-state index contributed by atoms with van der Waals surface area (Å²) in [6.07, 6.45) is 1.93. The average Bonchev–Trinajstić information content (AvgIpc) is 2.72. The molecule has 3 rings (SSSR count). The molecule has 0 bridgehead atoms. The van der Waals surface area contributed by atoms with Gasteiger partial charge in [-0.25, -0.2) is 9.18 Å². The number of carbonyl (C=O) groups is 2. The number of hydrogen-bond acceptors (Lipinski definition) is 5. The second kappa shape index (κ2) is 9.32. The normalized spacial score (nSPS) is 11.5. The summed E-state index contributed by atoms with van der Waals surface area (Å²) in [5, 5.41) is 10.8. The number of fused-ring (bicyclic) bond motifs is 1. The molecule has 0 amide bonds. The molecule has 0 spiro atoms. The summed E-state index contributed by atoms with van der Waals surface area (Å²) in [5.41, 5.74) is 0.174. The Morgan fingerprint density at radius 1 is 1.19 bits per heavy atom. The number of halogens is 3. The van der Waals surface area contributed by atoms with Crippen LogP contribution in [0.5, 0.6) is 0 Å². The number of aliphatic hydroxyl groups is 1. The van der Waals surface area contributed by atoms with Crippen LogP contribution in [-0.4, -0.2) is 28.0 Å². The first kappa shape index (κ1) is 22.5. The van der Waals surface area contributed by atoms with E-state index in [0.29, 0.717) is 17.2 Å². The number of ether oxygens (including phenoxy) is 1. The van der Waals surface area contributed by atoms with E-state index in [-0.39, 0.29) is 34.1 Å². The van der Waals surface area contributed by atoms with Gasteiger partial charge in [-0.15, -0.1) is 0 Å². The molecule has 0 aliphatic carbocycles. The van der Waals surface area contributed by atoms with Gasteiger partial charge in [-0.05, 0) is 36.8 Å². The quantitative estimate of drug-likeness (QED) is 0.251. The van der Waals surface area contributed by atoms with E-state index >= 15 is 0 Å². The minimum absolute atomic E-state index is 0.0132. The van der Waals surface area contributed by atoms with Crippen molar-refractivity contribution in [2.75, 3.05) is 6.61 Å². The van der Waals surface area contributed by atoms with E-state index in [1.807, 2.05) is 0 Å². The molecular weight excluding hydrogens is 448 g/mol. The van der Waals surface area contributed by atoms with Gasteiger partial charge in [0, 0.05) is 24.2 Å². The highest BCUT2D eigenvalue weighted by Gasteiger charge is 2.18. The Morgan fingerprint density at radius 3 is 2.61 bits per heavy atom. The molecule has 31 heavy (non-hydrogen) atoms. The Labute approximate surface area is 186 Å². The minimum atomic E-state index is -1.15. The summed E-state index contributed by atoms with van der Waals surface area (Å²) < 4.78 is 19.7. The van der Waals surface area contributed by atoms with Crippen molar-refractivity contribution in [3.05, 3.63) is 85.9 Å². The number of hydrogen-bond donors (Lipinski definition) is 1. The highest BCUT2D eigenvalue weighted by molar-refractivity contribution is 6.39. The lowest BCUT2D eigenvalue weighted by Crippen LogP contribution is -2.18. The fourth-order valence-electron chi connectivity index (χ4n) is 3.02. The van der Waals surface area contributed by atoms with Crippen molar-refractivity contribution in [3.8, 4) is 0 Å². The molecule has 3 aromatic rings. The van der Waals surface area contributed by atoms with Crippen molar-refractivity contribution < 1.29 is 23.8 Å². The van der Waals surface area contributed by atoms with Gasteiger partial charge < -0.3 is 14.4 Å². The first-order chi connectivity index (χ1) is 14.7. The lowest BCUT2D eigenvalue weighted by Gasteiger charge is -2.15. The number of esters is 1. The van der Waals surface area contributed by atoms with Crippen molar-refractivity contribution >= 4 is 51.6 Å². The SMILES string of the molecule is CCOC(=O)C(=O)C=C(O)c1cn(Cc2ccc(F)c(Cl)c2)c2c(Cl)cccc2c1=O. The van der Waals surface area contributed by atoms with Crippen LogP contribution in [-0.2, 0) is 20.9 Å². The maximum atomic E-state index is 13.5. The monoisotopic (exact) mass is 463 g/mol. The van der Waals surface area contributed by atoms with Crippen molar-refractivity contribution in [3.63, 3.8) is 0 Å². The first-order valence-corrected chi connectivity index (χ1v) is 9.86. The van der Waals surface area contributed by atoms with Crippen LogP contribution >= 0.6 is 23.2 Å². The van der Waals surface area contributed by atoms with Gasteiger partial charge in [0.1, 0.15) is 11.6 Å². The van der Waals surface area contributed by atoms with Gasteiger partial charge >= 0.3 is 5.97 Å². The molecule has 6 nitrogen and oxygen atoms in total. The van der Waals surface area contributed by atoms with Crippen LogP contribution in [0.15, 0.2) is 53.5 Å². The minimum Gasteiger partial charge on any atom is -0.507 e. The van der Waals surface area contributed by atoms with E-state index < -0.39 is 28.8 Å². The lowest BCUT2D eigenvalue weighted by molar-refractivity contribution is -0.151. The maximum absolute atomic E-state index is 13.5. The summed E-state index contributed by atoms with van der Waals surface area (Å²) in [5.74, 6) is -3.54. The zero-order valence-corrected chi connectivity index (χ0v) is 17.7. The molecule has 9 heteroatoms. The summed E-state index contributed by atoms with van der Waals surface area (Å²) >= 11 is 12.2. The van der Waals surface area contributed by atoms with Crippen LogP contribution in [0, 0.1) is 5.82 Å². The standard InChI is InChI=1S/C22H16Cl2FNO5/c1-2-31-22(30)19(28)9-18(27)14-11-26(10-12-6-7-17(25)16(24)8-12)20-13(21(14)29)4-3-5-15(20)23/h3-9,11,27H,2,10H2,1H3. The first-order valence-electron chi connectivity index (χ1n) is 9.10. The smallest absolute Gasteiger partial charge is 0.379 e. The second-order valence-electron chi connectivity index (χ2n) is 6.50. The van der Waals surface area contributed by atoms with Gasteiger partial charge in [-0.3, -0.25) is 9.59 Å². The van der Waals surface area contributed by atoms with Gasteiger partial charge in [0.25, 0.3) is 5.78 Å². The fraction of sp³-hybridized carbons (Fsp3) is 0.136. The third kappa shape index (κ3) is 4.78. The van der Waals surface area contributed by atoms with Crippen molar-refractivity contribution in [2.24, 2.45) is 0 Å². The van der Waals surface area contributed by atoms with Crippen molar-refractivity contribution in [2.45, 2.75) is 13.5 Å². The maximum Gasteiger partial charge on any atom is 0.379 e. The highest BCUT2D eigenvalue weighted by atomic mass is 35.5. The molecule has 2 aromatic carbocycles. The van der Waals surface area contributed by atoms with E-state index in [4.69, 9.17) is 23.2 Å². The lowest BCUT2D eigenvalue weighted by atomic mass is 10.1. The van der Waals surface area contributed by atoms with Gasteiger partial charge in [0.15, 0.2) is 5.43 Å². The number of ketones is 1. The molecule has 1 heterocycles. The number of benzene rings is 2. The number of nitrogens with zero attached hydrogens (tertiary/aromatic N) is 1. The van der Waals surface area contributed by atoms with Crippen LogP contribution in [0.4, 0.5) is 4.39 Å². The summed E-state index contributed by atoms with van der Waals surface area (Å²) in [6.45, 7) is 1.65. The molecule has 0 unspecified atom stereocenters. The largest absolute Gasteiger partial charge is 0.507 e. The molecule has 0 aliphatic heterocycles. The summed E-state index contributed by atoms with van der Waals surface area (Å²) in [7, 11) is 0. The van der Waals surface area contributed by atoms with Crippen molar-refractivity contribution in [1.29, 1.82) is 0 Å². The van der Waals surface area contributed by atoms with Gasteiger partial charge in [-0.2, -0.15) is 0 Å². The van der Waals surface area contributed by atoms with Gasteiger partial charge in [-0.1, -0.05) is 35.3 Å². The number of aromatic nitrogens is 1. The van der Waals surface area contributed by atoms with E-state index in [2.05, 4.69) is 4.74 Å². The van der Waals surface area contributed by atoms with Crippen molar-refractivity contribution in [1.82, 2.24) is 4.57 Å². The van der Waals surface area contributed by atoms with Crippen LogP contribution in [0.25, 0.3) is 16.7 Å². The predicted molar refractivity (Wildman–Crippen MR) is 116 cm³/mol. The Hall–Kier alpha value is -3.16. The molecule has 160 valence electrons. The summed E-state index contributed by atoms with van der Waals surface area (Å²) in [4.78, 5) is 36.4. The van der Waals surface area contributed by atoms with Crippen LogP contribution in [0.3, 0.4) is 0 Å². The molecule has 0 radical (unpaired) electrons. The number of aliphatic hydroxyl groups excluding tert-OH is 1. The number of rotatable bonds is 6. The van der Waals surface area contributed by atoms with E-state index in [1.54, 1.807) is 16.7 Å². The Balaban J connectivity index is 2.16. The fourth-order valence-corrected chi connectivity index (χ4v) is 3.51.